The zero-order valence-electron chi connectivity index (χ0n) is 12.9. The fourth-order valence-electron chi connectivity index (χ4n) is 3.43. The number of carbonyl (C=O) groups is 2. The van der Waals surface area contributed by atoms with E-state index in [0.717, 1.165) is 25.7 Å². The van der Waals surface area contributed by atoms with Crippen molar-refractivity contribution in [3.63, 3.8) is 0 Å². The number of hydrogen-bond donors (Lipinski definition) is 1. The molecule has 1 heterocycles. The van der Waals surface area contributed by atoms with Crippen molar-refractivity contribution in [2.75, 3.05) is 6.26 Å². The summed E-state index contributed by atoms with van der Waals surface area (Å²) >= 11 is 1.83. The van der Waals surface area contributed by atoms with Crippen LogP contribution in [-0.2, 0) is 9.59 Å². The summed E-state index contributed by atoms with van der Waals surface area (Å²) in [5.41, 5.74) is 0. The number of nitrogens with one attached hydrogen (secondary N) is 1. The first-order chi connectivity index (χ1) is 9.45. The molecule has 20 heavy (non-hydrogen) atoms. The van der Waals surface area contributed by atoms with Crippen molar-refractivity contribution >= 4 is 23.6 Å². The lowest BCUT2D eigenvalue weighted by atomic mass is 9.97. The summed E-state index contributed by atoms with van der Waals surface area (Å²) in [4.78, 5) is 26.8. The molecule has 2 rings (SSSR count). The van der Waals surface area contributed by atoms with Crippen LogP contribution in [0.1, 0.15) is 46.5 Å². The van der Waals surface area contributed by atoms with E-state index in [9.17, 15) is 9.59 Å². The summed E-state index contributed by atoms with van der Waals surface area (Å²) in [5, 5.41) is 3.38. The lowest BCUT2D eigenvalue weighted by Crippen LogP contribution is -2.65. The Labute approximate surface area is 126 Å². The zero-order valence-corrected chi connectivity index (χ0v) is 13.7. The van der Waals surface area contributed by atoms with Gasteiger partial charge in [0.25, 0.3) is 0 Å². The monoisotopic (exact) mass is 298 g/mol. The third-order valence-electron chi connectivity index (χ3n) is 4.45. The summed E-state index contributed by atoms with van der Waals surface area (Å²) in [7, 11) is 0. The predicted molar refractivity (Wildman–Crippen MR) is 82.6 cm³/mol. The number of nitrogens with zero attached hydrogens (tertiary/aromatic N) is 1. The van der Waals surface area contributed by atoms with E-state index in [-0.39, 0.29) is 29.9 Å². The lowest BCUT2D eigenvalue weighted by molar-refractivity contribution is -0.151. The highest BCUT2D eigenvalue weighted by Crippen LogP contribution is 2.34. The van der Waals surface area contributed by atoms with Gasteiger partial charge in [-0.3, -0.25) is 9.59 Å². The maximum Gasteiger partial charge on any atom is 0.246 e. The van der Waals surface area contributed by atoms with Gasteiger partial charge in [0, 0.05) is 11.3 Å². The van der Waals surface area contributed by atoms with E-state index in [2.05, 4.69) is 25.4 Å². The lowest BCUT2D eigenvalue weighted by Gasteiger charge is -2.43. The SMILES string of the molecule is CSC1CCCC1N1C(=O)C(CC(C)C)NC(=O)C1C. The molecule has 2 aliphatic rings. The molecule has 2 amide bonds. The number of carbonyl (C=O) groups excluding carboxylic acids is 2. The van der Waals surface area contributed by atoms with Crippen molar-refractivity contribution in [3.8, 4) is 0 Å². The number of hydrogen-bond acceptors (Lipinski definition) is 3. The average molecular weight is 298 g/mol. The molecular formula is C15H26N2O2S. The topological polar surface area (TPSA) is 49.4 Å². The molecule has 5 heteroatoms. The van der Waals surface area contributed by atoms with Crippen LogP contribution in [0, 0.1) is 5.92 Å². The largest absolute Gasteiger partial charge is 0.343 e. The second-order valence-corrected chi connectivity index (χ2v) is 7.46. The quantitative estimate of drug-likeness (QED) is 0.864. The molecule has 0 aromatic carbocycles. The molecule has 1 aliphatic carbocycles. The van der Waals surface area contributed by atoms with Gasteiger partial charge in [-0.2, -0.15) is 11.8 Å². The minimum Gasteiger partial charge on any atom is -0.343 e. The van der Waals surface area contributed by atoms with Gasteiger partial charge < -0.3 is 10.2 Å². The summed E-state index contributed by atoms with van der Waals surface area (Å²) in [6.07, 6.45) is 6.17. The average Bonchev–Trinajstić information content (AvgIpc) is 2.84. The molecule has 1 aliphatic heterocycles. The summed E-state index contributed by atoms with van der Waals surface area (Å²) in [6, 6.07) is -0.432. The van der Waals surface area contributed by atoms with Gasteiger partial charge in [0.05, 0.1) is 0 Å². The van der Waals surface area contributed by atoms with Crippen LogP contribution in [-0.4, -0.2) is 46.3 Å². The maximum absolute atomic E-state index is 12.8. The molecule has 2 fully saturated rings. The molecular weight excluding hydrogens is 272 g/mol. The fourth-order valence-corrected chi connectivity index (χ4v) is 4.42. The zero-order chi connectivity index (χ0) is 14.9. The first-order valence-electron chi connectivity index (χ1n) is 7.61. The smallest absolute Gasteiger partial charge is 0.246 e. The van der Waals surface area contributed by atoms with E-state index in [1.54, 1.807) is 0 Å². The molecule has 0 bridgehead atoms. The minimum atomic E-state index is -0.332. The van der Waals surface area contributed by atoms with E-state index >= 15 is 0 Å². The van der Waals surface area contributed by atoms with E-state index in [0.29, 0.717) is 11.2 Å². The molecule has 0 aromatic heterocycles. The molecule has 0 spiro atoms. The minimum absolute atomic E-state index is 0.00185. The van der Waals surface area contributed by atoms with Gasteiger partial charge in [0.15, 0.2) is 0 Å². The predicted octanol–water partition coefficient (Wildman–Crippen LogP) is 2.03. The van der Waals surface area contributed by atoms with Gasteiger partial charge in [-0.1, -0.05) is 20.3 Å². The Morgan fingerprint density at radius 1 is 1.35 bits per heavy atom. The Hall–Kier alpha value is -0.710. The van der Waals surface area contributed by atoms with Crippen molar-refractivity contribution in [3.05, 3.63) is 0 Å². The molecule has 4 atom stereocenters. The Morgan fingerprint density at radius 3 is 2.65 bits per heavy atom. The van der Waals surface area contributed by atoms with Crippen LogP contribution in [0.3, 0.4) is 0 Å². The van der Waals surface area contributed by atoms with E-state index in [1.165, 1.54) is 0 Å². The summed E-state index contributed by atoms with van der Waals surface area (Å²) in [6.45, 7) is 6.03. The van der Waals surface area contributed by atoms with Gasteiger partial charge in [-0.05, 0) is 38.4 Å². The van der Waals surface area contributed by atoms with Crippen LogP contribution in [0.25, 0.3) is 0 Å². The van der Waals surface area contributed by atoms with Gasteiger partial charge in [-0.25, -0.2) is 0 Å². The van der Waals surface area contributed by atoms with Crippen LogP contribution in [0.4, 0.5) is 0 Å². The van der Waals surface area contributed by atoms with Crippen molar-refractivity contribution in [1.82, 2.24) is 10.2 Å². The number of amides is 2. The normalized spacial score (nSPS) is 34.8. The van der Waals surface area contributed by atoms with Gasteiger partial charge >= 0.3 is 0 Å². The highest BCUT2D eigenvalue weighted by atomic mass is 32.2. The van der Waals surface area contributed by atoms with E-state index in [1.807, 2.05) is 23.6 Å². The molecule has 0 aromatic rings. The van der Waals surface area contributed by atoms with Gasteiger partial charge in [0.2, 0.25) is 11.8 Å². The Morgan fingerprint density at radius 2 is 2.05 bits per heavy atom. The van der Waals surface area contributed by atoms with Gasteiger partial charge in [-0.15, -0.1) is 0 Å². The van der Waals surface area contributed by atoms with Gasteiger partial charge in [0.1, 0.15) is 12.1 Å². The second kappa shape index (κ2) is 6.37. The molecule has 4 unspecified atom stereocenters. The number of rotatable bonds is 4. The first-order valence-corrected chi connectivity index (χ1v) is 8.89. The maximum atomic E-state index is 12.8. The third kappa shape index (κ3) is 2.97. The molecule has 1 N–H and O–H groups in total. The molecule has 1 saturated carbocycles. The molecule has 4 nitrogen and oxygen atoms in total. The van der Waals surface area contributed by atoms with E-state index < -0.39 is 0 Å². The number of thioether (sulfide) groups is 1. The fraction of sp³-hybridized carbons (Fsp3) is 0.867. The summed E-state index contributed by atoms with van der Waals surface area (Å²) in [5.74, 6) is 0.526. The molecule has 114 valence electrons. The van der Waals surface area contributed by atoms with Crippen molar-refractivity contribution < 1.29 is 9.59 Å². The number of piperazine rings is 1. The van der Waals surface area contributed by atoms with Crippen LogP contribution >= 0.6 is 11.8 Å². The van der Waals surface area contributed by atoms with Crippen LogP contribution in [0.15, 0.2) is 0 Å². The highest BCUT2D eigenvalue weighted by Gasteiger charge is 2.44. The first kappa shape index (κ1) is 15.7. The highest BCUT2D eigenvalue weighted by molar-refractivity contribution is 7.99. The second-order valence-electron chi connectivity index (χ2n) is 6.38. The van der Waals surface area contributed by atoms with Crippen LogP contribution < -0.4 is 5.32 Å². The van der Waals surface area contributed by atoms with Crippen LogP contribution in [0.2, 0.25) is 0 Å². The van der Waals surface area contributed by atoms with Crippen molar-refractivity contribution in [2.24, 2.45) is 5.92 Å². The Balaban J connectivity index is 2.19. The standard InChI is InChI=1S/C15H26N2O2S/c1-9(2)8-11-15(19)17(10(3)14(18)16-11)12-6-5-7-13(12)20-4/h9-13H,5-8H2,1-4H3,(H,16,18). The van der Waals surface area contributed by atoms with Crippen molar-refractivity contribution in [2.45, 2.75) is 69.8 Å². The molecule has 1 saturated heterocycles. The van der Waals surface area contributed by atoms with Crippen LogP contribution in [0.5, 0.6) is 0 Å². The Bertz CT molecular complexity index is 386. The van der Waals surface area contributed by atoms with Crippen molar-refractivity contribution in [1.29, 1.82) is 0 Å². The molecule has 0 radical (unpaired) electrons. The summed E-state index contributed by atoms with van der Waals surface area (Å²) < 4.78 is 0. The Kier molecular flexibility index (Phi) is 4.99. The third-order valence-corrected chi connectivity index (χ3v) is 5.61. The van der Waals surface area contributed by atoms with E-state index in [4.69, 9.17) is 0 Å².